The summed E-state index contributed by atoms with van der Waals surface area (Å²) in [5.74, 6) is 0.839. The highest BCUT2D eigenvalue weighted by atomic mass is 32.1. The molecule has 0 atom stereocenters. The number of carbonyl (C=O) groups excluding carboxylic acids is 1. The van der Waals surface area contributed by atoms with Gasteiger partial charge in [0.1, 0.15) is 5.78 Å². The number of hydrogen-bond donors (Lipinski definition) is 0. The number of thiazole rings is 2. The lowest BCUT2D eigenvalue weighted by atomic mass is 9.78. The van der Waals surface area contributed by atoms with Crippen molar-refractivity contribution in [2.24, 2.45) is 11.8 Å². The van der Waals surface area contributed by atoms with Gasteiger partial charge in [0, 0.05) is 36.2 Å². The molecule has 0 saturated heterocycles. The molecule has 1 fully saturated rings. The second kappa shape index (κ2) is 11.6. The molecule has 0 bridgehead atoms. The van der Waals surface area contributed by atoms with Crippen LogP contribution in [-0.2, 0) is 30.4 Å². The number of ether oxygens (including phenoxy) is 1. The van der Waals surface area contributed by atoms with Crippen molar-refractivity contribution in [2.75, 3.05) is 19.7 Å². The van der Waals surface area contributed by atoms with Gasteiger partial charge in [0.25, 0.3) is 11.6 Å². The van der Waals surface area contributed by atoms with E-state index in [1.807, 2.05) is 0 Å². The zero-order chi connectivity index (χ0) is 25.0. The van der Waals surface area contributed by atoms with Crippen LogP contribution in [0.2, 0.25) is 0 Å². The summed E-state index contributed by atoms with van der Waals surface area (Å²) in [4.78, 5) is 23.7. The Morgan fingerprint density at radius 1 is 1.17 bits per heavy atom. The third-order valence-corrected chi connectivity index (χ3v) is 8.63. The minimum atomic E-state index is -4.46. The topological polar surface area (TPSA) is 55.3 Å². The standard InChI is InChI=1S/C23H28F5N3O2S2/c24-20(25)12-33-22-30-18-11-31(8-6-19(18)35-22)7-5-14-1-3-15(4-2-14)9-17(32)10-16-13-34-21(29-16)23(26,27)28/h13-15,20H,1-12H2. The SMILES string of the molecule is O=C(Cc1csc(C(F)(F)F)n1)CC1CCC(CCN2CCc3sc(OCC(F)F)nc3C2)CC1. The van der Waals surface area contributed by atoms with Crippen molar-refractivity contribution in [3.05, 3.63) is 26.7 Å². The van der Waals surface area contributed by atoms with E-state index in [0.29, 0.717) is 41.3 Å². The van der Waals surface area contributed by atoms with Gasteiger partial charge in [0.05, 0.1) is 11.4 Å². The highest BCUT2D eigenvalue weighted by molar-refractivity contribution is 7.13. The number of Topliss-reactive ketones (excluding diaryl/α,β-unsaturated/α-hetero) is 1. The predicted octanol–water partition coefficient (Wildman–Crippen LogP) is 6.02. The summed E-state index contributed by atoms with van der Waals surface area (Å²) < 4.78 is 67.8. The average Bonchev–Trinajstić information content (AvgIpc) is 3.43. The molecule has 3 heterocycles. The second-order valence-corrected chi connectivity index (χ2v) is 11.2. The Morgan fingerprint density at radius 2 is 1.91 bits per heavy atom. The van der Waals surface area contributed by atoms with E-state index in [1.54, 1.807) is 0 Å². The van der Waals surface area contributed by atoms with Gasteiger partial charge in [-0.15, -0.1) is 11.3 Å². The van der Waals surface area contributed by atoms with E-state index >= 15 is 0 Å². The smallest absolute Gasteiger partial charge is 0.443 e. The van der Waals surface area contributed by atoms with Crippen LogP contribution >= 0.6 is 22.7 Å². The van der Waals surface area contributed by atoms with E-state index in [9.17, 15) is 26.7 Å². The normalized spacial score (nSPS) is 21.3. The Hall–Kier alpha value is -1.66. The Bertz CT molecular complexity index is 986. The molecule has 1 aliphatic heterocycles. The molecule has 0 amide bonds. The van der Waals surface area contributed by atoms with Gasteiger partial charge in [-0.2, -0.15) is 13.2 Å². The van der Waals surface area contributed by atoms with Crippen LogP contribution < -0.4 is 4.74 Å². The first-order valence-corrected chi connectivity index (χ1v) is 13.5. The fourth-order valence-corrected chi connectivity index (χ4v) is 6.42. The molecule has 12 heteroatoms. The summed E-state index contributed by atoms with van der Waals surface area (Å²) >= 11 is 1.89. The summed E-state index contributed by atoms with van der Waals surface area (Å²) in [6, 6.07) is 0. The van der Waals surface area contributed by atoms with Crippen LogP contribution in [0.4, 0.5) is 22.0 Å². The molecule has 0 aromatic carbocycles. The zero-order valence-electron chi connectivity index (χ0n) is 19.2. The Labute approximate surface area is 208 Å². The van der Waals surface area contributed by atoms with Gasteiger partial charge in [0.2, 0.25) is 0 Å². The molecular formula is C23H28F5N3O2S2. The molecule has 0 radical (unpaired) electrons. The number of aromatic nitrogens is 2. The maximum Gasteiger partial charge on any atom is 0.443 e. The van der Waals surface area contributed by atoms with Gasteiger partial charge in [-0.1, -0.05) is 24.2 Å². The molecule has 4 rings (SSSR count). The maximum absolute atomic E-state index is 12.7. The highest BCUT2D eigenvalue weighted by Crippen LogP contribution is 2.35. The van der Waals surface area contributed by atoms with Gasteiger partial charge >= 0.3 is 6.18 Å². The molecule has 1 aliphatic carbocycles. The Morgan fingerprint density at radius 3 is 2.60 bits per heavy atom. The highest BCUT2D eigenvalue weighted by Gasteiger charge is 2.34. The van der Waals surface area contributed by atoms with Crippen LogP contribution in [0.3, 0.4) is 0 Å². The largest absolute Gasteiger partial charge is 0.464 e. The van der Waals surface area contributed by atoms with Crippen molar-refractivity contribution in [3.63, 3.8) is 0 Å². The number of halogens is 5. The molecule has 5 nitrogen and oxygen atoms in total. The van der Waals surface area contributed by atoms with Gasteiger partial charge in [-0.3, -0.25) is 9.69 Å². The first-order valence-electron chi connectivity index (χ1n) is 11.8. The van der Waals surface area contributed by atoms with Crippen LogP contribution in [0.5, 0.6) is 5.19 Å². The Kier molecular flexibility index (Phi) is 8.75. The van der Waals surface area contributed by atoms with E-state index < -0.39 is 24.2 Å². The molecule has 0 spiro atoms. The lowest BCUT2D eigenvalue weighted by Gasteiger charge is -2.31. The third kappa shape index (κ3) is 7.66. The maximum atomic E-state index is 12.7. The van der Waals surface area contributed by atoms with Crippen molar-refractivity contribution in [1.82, 2.24) is 14.9 Å². The quantitative estimate of drug-likeness (QED) is 0.347. The number of fused-ring (bicyclic) bond motifs is 1. The van der Waals surface area contributed by atoms with Crippen LogP contribution in [0.25, 0.3) is 0 Å². The molecular weight excluding hydrogens is 509 g/mol. The van der Waals surface area contributed by atoms with Crippen molar-refractivity contribution in [3.8, 4) is 5.19 Å². The van der Waals surface area contributed by atoms with Gasteiger partial charge in [-0.25, -0.2) is 18.7 Å². The molecule has 0 unspecified atom stereocenters. The third-order valence-electron chi connectivity index (χ3n) is 6.63. The molecule has 2 aromatic heterocycles. The molecule has 1 saturated carbocycles. The van der Waals surface area contributed by atoms with Crippen LogP contribution in [0.15, 0.2) is 5.38 Å². The minimum Gasteiger partial charge on any atom is -0.464 e. The lowest BCUT2D eigenvalue weighted by molar-refractivity contribution is -0.137. The van der Waals surface area contributed by atoms with Crippen LogP contribution in [0.1, 0.15) is 59.8 Å². The molecule has 194 valence electrons. The number of carbonyl (C=O) groups is 1. The van der Waals surface area contributed by atoms with Crippen LogP contribution in [0, 0.1) is 11.8 Å². The zero-order valence-corrected chi connectivity index (χ0v) is 20.8. The summed E-state index contributed by atoms with van der Waals surface area (Å²) in [5.41, 5.74) is 1.13. The predicted molar refractivity (Wildman–Crippen MR) is 123 cm³/mol. The van der Waals surface area contributed by atoms with Gasteiger partial charge < -0.3 is 4.74 Å². The lowest BCUT2D eigenvalue weighted by Crippen LogP contribution is -2.32. The summed E-state index contributed by atoms with van der Waals surface area (Å²) in [6.07, 6.45) is -0.667. The molecule has 35 heavy (non-hydrogen) atoms. The fourth-order valence-electron chi connectivity index (χ4n) is 4.82. The van der Waals surface area contributed by atoms with Gasteiger partial charge in [0.15, 0.2) is 11.6 Å². The van der Waals surface area contributed by atoms with Gasteiger partial charge in [-0.05, 0) is 44.1 Å². The Balaban J connectivity index is 1.14. The number of nitrogens with zero attached hydrogens (tertiary/aromatic N) is 3. The summed E-state index contributed by atoms with van der Waals surface area (Å²) in [5, 5.41) is 0.742. The first-order chi connectivity index (χ1) is 16.7. The monoisotopic (exact) mass is 537 g/mol. The molecule has 2 aliphatic rings. The molecule has 0 N–H and O–H groups in total. The van der Waals surface area contributed by atoms with E-state index in [-0.39, 0.29) is 17.9 Å². The number of ketones is 1. The minimum absolute atomic E-state index is 0.0328. The second-order valence-electron chi connectivity index (χ2n) is 9.31. The van der Waals surface area contributed by atoms with E-state index in [4.69, 9.17) is 4.74 Å². The van der Waals surface area contributed by atoms with Crippen molar-refractivity contribution < 1.29 is 31.5 Å². The average molecular weight is 538 g/mol. The molecule has 2 aromatic rings. The summed E-state index contributed by atoms with van der Waals surface area (Å²) in [7, 11) is 0. The van der Waals surface area contributed by atoms with E-state index in [0.717, 1.165) is 62.2 Å². The van der Waals surface area contributed by atoms with E-state index in [2.05, 4.69) is 14.9 Å². The van der Waals surface area contributed by atoms with E-state index in [1.165, 1.54) is 16.7 Å². The first kappa shape index (κ1) is 26.4. The van der Waals surface area contributed by atoms with Crippen molar-refractivity contribution >= 4 is 28.5 Å². The van der Waals surface area contributed by atoms with Crippen molar-refractivity contribution in [2.45, 2.75) is 70.5 Å². The van der Waals surface area contributed by atoms with Crippen LogP contribution in [-0.4, -0.2) is 46.8 Å². The number of hydrogen-bond acceptors (Lipinski definition) is 7. The fraction of sp³-hybridized carbons (Fsp3) is 0.696. The number of rotatable bonds is 10. The number of alkyl halides is 5. The summed E-state index contributed by atoms with van der Waals surface area (Å²) in [6.45, 7) is 1.94. The van der Waals surface area contributed by atoms with Crippen molar-refractivity contribution in [1.29, 1.82) is 0 Å².